The maximum absolute atomic E-state index is 6.45. The van der Waals surface area contributed by atoms with Gasteiger partial charge in [0.05, 0.1) is 0 Å². The molecule has 3 nitrogen and oxygen atoms in total. The fraction of sp³-hybridized carbons (Fsp3) is 0.0755. The van der Waals surface area contributed by atoms with Gasteiger partial charge < -0.3 is 10.1 Å². The van der Waals surface area contributed by atoms with Crippen molar-refractivity contribution in [2.45, 2.75) is 25.3 Å². The predicted octanol–water partition coefficient (Wildman–Crippen LogP) is 13.0. The van der Waals surface area contributed by atoms with Gasteiger partial charge in [0.2, 0.25) is 0 Å². The number of fused-ring (bicyclic) bond motifs is 8. The number of rotatable bonds is 5. The lowest BCUT2D eigenvalue weighted by atomic mass is 9.79. The van der Waals surface area contributed by atoms with Gasteiger partial charge in [-0.05, 0) is 84.6 Å². The van der Waals surface area contributed by atoms with E-state index >= 15 is 0 Å². The highest BCUT2D eigenvalue weighted by molar-refractivity contribution is 6.06. The number of ether oxygens (including phenoxy) is 1. The van der Waals surface area contributed by atoms with Gasteiger partial charge in [-0.1, -0.05) is 178 Å². The van der Waals surface area contributed by atoms with Crippen LogP contribution in [0.2, 0.25) is 0 Å². The minimum Gasteiger partial charge on any atom is -0.456 e. The summed E-state index contributed by atoms with van der Waals surface area (Å²) in [7, 11) is 0. The summed E-state index contributed by atoms with van der Waals surface area (Å²) >= 11 is 0. The lowest BCUT2D eigenvalue weighted by Gasteiger charge is -2.24. The number of aliphatic imine (C=N–C) groups is 1. The number of nitrogens with one attached hydrogen (secondary N) is 1. The van der Waals surface area contributed by atoms with Crippen LogP contribution in [0.25, 0.3) is 61.0 Å². The minimum atomic E-state index is -0.157. The summed E-state index contributed by atoms with van der Waals surface area (Å²) in [5, 5.41) is 6.27. The summed E-state index contributed by atoms with van der Waals surface area (Å²) in [5.74, 6) is 2.56. The number of para-hydroxylation sites is 1. The highest BCUT2D eigenvalue weighted by atomic mass is 16.5. The monoisotopic (exact) mass is 718 g/mol. The van der Waals surface area contributed by atoms with E-state index in [9.17, 15) is 0 Å². The van der Waals surface area contributed by atoms with Crippen molar-refractivity contribution in [1.82, 2.24) is 5.32 Å². The van der Waals surface area contributed by atoms with E-state index in [1.165, 1.54) is 60.8 Å². The minimum absolute atomic E-state index is 0.0923. The Bertz CT molecular complexity index is 2900. The van der Waals surface area contributed by atoms with Crippen LogP contribution in [-0.2, 0) is 5.41 Å². The van der Waals surface area contributed by atoms with Crippen LogP contribution in [0, 0.1) is 0 Å². The fourth-order valence-corrected chi connectivity index (χ4v) is 9.14. The standard InChI is InChI=1S/C53H38N2O/c1-53(2)45-32-39(29-30-42(45)47-44(36-13-5-3-6-14-36)31-40-17-9-10-18-41(40)48(47)53)35-23-21-33(22-24-35)34-25-27-37(28-26-34)49-51-50(43-19-11-12-20-46(43)56-51)55-52(54-49)38-15-7-4-8-16-38/h3-32,50H,1-2H3,(H,54,55). The zero-order chi connectivity index (χ0) is 37.4. The molecule has 1 unspecified atom stereocenters. The summed E-state index contributed by atoms with van der Waals surface area (Å²) in [6.45, 7) is 4.78. The number of hydrogen-bond donors (Lipinski definition) is 1. The first-order valence-corrected chi connectivity index (χ1v) is 19.4. The SMILES string of the molecule is CC1(C)c2cc(-c3ccc(-c4ccc(C5=C6Oc7ccccc7C6NC(c6ccccc6)=N5)cc4)cc3)ccc2-c2c(-c3ccccc3)cc3ccccc3c21. The second kappa shape index (κ2) is 12.5. The summed E-state index contributed by atoms with van der Waals surface area (Å²) in [6.07, 6.45) is 0. The largest absolute Gasteiger partial charge is 0.456 e. The van der Waals surface area contributed by atoms with E-state index in [1.54, 1.807) is 0 Å². The van der Waals surface area contributed by atoms with Gasteiger partial charge in [0.1, 0.15) is 23.3 Å². The molecule has 0 amide bonds. The molecule has 8 aromatic carbocycles. The second-order valence-corrected chi connectivity index (χ2v) is 15.6. The maximum atomic E-state index is 6.45. The Kier molecular flexibility index (Phi) is 7.27. The highest BCUT2D eigenvalue weighted by Crippen LogP contribution is 2.55. The Hall–Kier alpha value is -6.97. The van der Waals surface area contributed by atoms with Gasteiger partial charge in [-0.2, -0.15) is 0 Å². The van der Waals surface area contributed by atoms with E-state index in [0.29, 0.717) is 0 Å². The van der Waals surface area contributed by atoms with Gasteiger partial charge in [-0.3, -0.25) is 0 Å². The first-order valence-electron chi connectivity index (χ1n) is 19.4. The van der Waals surface area contributed by atoms with Crippen LogP contribution in [0.5, 0.6) is 5.75 Å². The third-order valence-corrected chi connectivity index (χ3v) is 11.9. The van der Waals surface area contributed by atoms with Crippen molar-refractivity contribution >= 4 is 22.3 Å². The fourth-order valence-electron chi connectivity index (χ4n) is 9.14. The van der Waals surface area contributed by atoms with Crippen LogP contribution in [0.1, 0.15) is 47.7 Å². The van der Waals surface area contributed by atoms with Crippen molar-refractivity contribution in [3.05, 3.63) is 216 Å². The van der Waals surface area contributed by atoms with E-state index in [4.69, 9.17) is 9.73 Å². The molecule has 3 heteroatoms. The molecule has 0 saturated carbocycles. The van der Waals surface area contributed by atoms with Crippen LogP contribution in [0.4, 0.5) is 0 Å². The Morgan fingerprint density at radius 1 is 0.518 bits per heavy atom. The zero-order valence-corrected chi connectivity index (χ0v) is 31.3. The number of nitrogens with zero attached hydrogens (tertiary/aromatic N) is 1. The quantitative estimate of drug-likeness (QED) is 0.192. The van der Waals surface area contributed by atoms with Crippen LogP contribution in [0.3, 0.4) is 0 Å². The van der Waals surface area contributed by atoms with E-state index in [0.717, 1.165) is 45.3 Å². The van der Waals surface area contributed by atoms with Crippen LogP contribution in [-0.4, -0.2) is 5.84 Å². The Labute approximate surface area is 327 Å². The van der Waals surface area contributed by atoms with Crippen molar-refractivity contribution in [3.63, 3.8) is 0 Å². The predicted molar refractivity (Wildman–Crippen MR) is 231 cm³/mol. The zero-order valence-electron chi connectivity index (χ0n) is 31.3. The van der Waals surface area contributed by atoms with Crippen molar-refractivity contribution in [2.75, 3.05) is 0 Å². The molecule has 1 aliphatic carbocycles. The topological polar surface area (TPSA) is 33.6 Å². The van der Waals surface area contributed by atoms with E-state index < -0.39 is 0 Å². The molecular weight excluding hydrogens is 681 g/mol. The smallest absolute Gasteiger partial charge is 0.157 e. The third-order valence-electron chi connectivity index (χ3n) is 11.9. The lowest BCUT2D eigenvalue weighted by Crippen LogP contribution is -2.33. The molecule has 0 radical (unpaired) electrons. The lowest BCUT2D eigenvalue weighted by molar-refractivity contribution is 0.420. The van der Waals surface area contributed by atoms with E-state index in [1.807, 2.05) is 30.3 Å². The van der Waals surface area contributed by atoms with Gasteiger partial charge in [0, 0.05) is 22.1 Å². The molecule has 0 aromatic heterocycles. The first-order chi connectivity index (χ1) is 27.5. The van der Waals surface area contributed by atoms with Crippen LogP contribution >= 0.6 is 0 Å². The summed E-state index contributed by atoms with van der Waals surface area (Å²) in [6, 6.07) is 65.3. The maximum Gasteiger partial charge on any atom is 0.157 e. The van der Waals surface area contributed by atoms with Gasteiger partial charge in [0.15, 0.2) is 5.76 Å². The van der Waals surface area contributed by atoms with E-state index in [2.05, 4.69) is 171 Å². The molecule has 3 aliphatic rings. The molecule has 266 valence electrons. The second-order valence-electron chi connectivity index (χ2n) is 15.6. The molecule has 8 aromatic rings. The van der Waals surface area contributed by atoms with Crippen molar-refractivity contribution in [2.24, 2.45) is 4.99 Å². The number of benzene rings is 8. The molecule has 2 heterocycles. The van der Waals surface area contributed by atoms with Crippen molar-refractivity contribution in [1.29, 1.82) is 0 Å². The number of hydrogen-bond acceptors (Lipinski definition) is 3. The molecule has 56 heavy (non-hydrogen) atoms. The first kappa shape index (κ1) is 32.5. The average molecular weight is 719 g/mol. The van der Waals surface area contributed by atoms with Crippen molar-refractivity contribution in [3.8, 4) is 50.3 Å². The van der Waals surface area contributed by atoms with Crippen LogP contribution in [0.15, 0.2) is 193 Å². The molecule has 0 fully saturated rings. The summed E-state index contributed by atoms with van der Waals surface area (Å²) in [4.78, 5) is 5.14. The molecule has 0 bridgehead atoms. The van der Waals surface area contributed by atoms with Crippen molar-refractivity contribution < 1.29 is 4.74 Å². The van der Waals surface area contributed by atoms with Gasteiger partial charge in [-0.15, -0.1) is 0 Å². The Balaban J connectivity index is 0.923. The molecule has 1 N–H and O–H groups in total. The highest BCUT2D eigenvalue weighted by Gasteiger charge is 2.39. The Morgan fingerprint density at radius 2 is 1.11 bits per heavy atom. The van der Waals surface area contributed by atoms with Crippen LogP contribution < -0.4 is 10.1 Å². The molecule has 2 aliphatic heterocycles. The normalized spacial score (nSPS) is 16.0. The van der Waals surface area contributed by atoms with Gasteiger partial charge in [0.25, 0.3) is 0 Å². The Morgan fingerprint density at radius 3 is 1.84 bits per heavy atom. The molecular formula is C53H38N2O. The molecule has 0 spiro atoms. The van der Waals surface area contributed by atoms with E-state index in [-0.39, 0.29) is 11.5 Å². The van der Waals surface area contributed by atoms with Gasteiger partial charge >= 0.3 is 0 Å². The molecule has 0 saturated heterocycles. The number of amidine groups is 1. The molecule has 1 atom stereocenters. The summed E-state index contributed by atoms with van der Waals surface area (Å²) < 4.78 is 6.45. The third kappa shape index (κ3) is 5.08. The summed E-state index contributed by atoms with van der Waals surface area (Å²) in [5.41, 5.74) is 16.7. The van der Waals surface area contributed by atoms with Gasteiger partial charge in [-0.25, -0.2) is 4.99 Å². The average Bonchev–Trinajstić information content (AvgIpc) is 3.75. The molecule has 11 rings (SSSR count).